The van der Waals surface area contributed by atoms with Crippen LogP contribution in [0, 0.1) is 5.92 Å². The van der Waals surface area contributed by atoms with Crippen molar-refractivity contribution in [1.29, 1.82) is 0 Å². The van der Waals surface area contributed by atoms with Crippen molar-refractivity contribution in [3.8, 4) is 0 Å². The molecule has 24 heavy (non-hydrogen) atoms. The van der Waals surface area contributed by atoms with Crippen molar-refractivity contribution in [2.45, 2.75) is 37.7 Å². The van der Waals surface area contributed by atoms with Gasteiger partial charge in [0.1, 0.15) is 0 Å². The molecule has 2 fully saturated rings. The van der Waals surface area contributed by atoms with Gasteiger partial charge in [0.2, 0.25) is 5.91 Å². The van der Waals surface area contributed by atoms with Gasteiger partial charge in [-0.25, -0.2) is 0 Å². The Morgan fingerprint density at radius 3 is 2.88 bits per heavy atom. The molecule has 5 nitrogen and oxygen atoms in total. The van der Waals surface area contributed by atoms with Crippen molar-refractivity contribution in [2.24, 2.45) is 5.92 Å². The summed E-state index contributed by atoms with van der Waals surface area (Å²) in [7, 11) is 0. The number of aliphatic hydroxyl groups is 1. The number of carbonyl (C=O) groups excluding carboxylic acids is 1. The summed E-state index contributed by atoms with van der Waals surface area (Å²) in [5.74, 6) is 0.421. The molecule has 0 unspecified atom stereocenters. The second-order valence-corrected chi connectivity index (χ2v) is 7.00. The number of hydrogen-bond donors (Lipinski definition) is 3. The highest BCUT2D eigenvalue weighted by Gasteiger charge is 2.34. The van der Waals surface area contributed by atoms with Crippen molar-refractivity contribution in [3.05, 3.63) is 35.5 Å². The first-order valence-corrected chi connectivity index (χ1v) is 8.85. The van der Waals surface area contributed by atoms with Crippen LogP contribution in [0.5, 0.6) is 0 Å². The maximum atomic E-state index is 11.8. The Balaban J connectivity index is 1.58. The number of rotatable bonds is 5. The van der Waals surface area contributed by atoms with Crippen LogP contribution in [0.4, 0.5) is 0 Å². The van der Waals surface area contributed by atoms with Crippen LogP contribution in [0.15, 0.2) is 24.4 Å². The summed E-state index contributed by atoms with van der Waals surface area (Å²) in [6.45, 7) is 1.81. The number of H-pyrrole nitrogens is 1. The first kappa shape index (κ1) is 15.7. The maximum absolute atomic E-state index is 11.8. The van der Waals surface area contributed by atoms with Gasteiger partial charge in [-0.1, -0.05) is 12.1 Å². The largest absolute Gasteiger partial charge is 0.385 e. The second kappa shape index (κ2) is 6.22. The minimum Gasteiger partial charge on any atom is -0.385 e. The number of aromatic nitrogens is 1. The van der Waals surface area contributed by atoms with Gasteiger partial charge in [-0.05, 0) is 36.5 Å². The maximum Gasteiger partial charge on any atom is 0.223 e. The van der Waals surface area contributed by atoms with E-state index in [0.717, 1.165) is 41.3 Å². The minimum absolute atomic E-state index is 0.179. The van der Waals surface area contributed by atoms with Gasteiger partial charge >= 0.3 is 0 Å². The molecule has 1 aromatic carbocycles. The van der Waals surface area contributed by atoms with Crippen molar-refractivity contribution < 1.29 is 14.6 Å². The molecule has 1 saturated carbocycles. The zero-order valence-corrected chi connectivity index (χ0v) is 13.8. The third-order valence-electron chi connectivity index (χ3n) is 5.25. The lowest BCUT2D eigenvalue weighted by Crippen LogP contribution is -2.33. The monoisotopic (exact) mass is 328 g/mol. The highest BCUT2D eigenvalue weighted by Crippen LogP contribution is 2.37. The van der Waals surface area contributed by atoms with Crippen LogP contribution in [0.1, 0.15) is 36.8 Å². The molecular formula is C19H24N2O3. The lowest BCUT2D eigenvalue weighted by molar-refractivity contribution is -0.122. The Bertz CT molecular complexity index is 742. The molecule has 1 saturated heterocycles. The number of hydrogen-bond acceptors (Lipinski definition) is 3. The zero-order chi connectivity index (χ0) is 16.6. The van der Waals surface area contributed by atoms with E-state index in [0.29, 0.717) is 32.6 Å². The zero-order valence-electron chi connectivity index (χ0n) is 13.8. The van der Waals surface area contributed by atoms with Gasteiger partial charge in [-0.2, -0.15) is 0 Å². The molecule has 2 heterocycles. The molecule has 4 rings (SSSR count). The van der Waals surface area contributed by atoms with E-state index in [2.05, 4.69) is 10.3 Å². The number of fused-ring (bicyclic) bond motifs is 1. The fourth-order valence-corrected chi connectivity index (χ4v) is 3.63. The predicted octanol–water partition coefficient (Wildman–Crippen LogP) is 2.23. The number of nitrogens with one attached hydrogen (secondary N) is 2. The average molecular weight is 328 g/mol. The molecular weight excluding hydrogens is 304 g/mol. The van der Waals surface area contributed by atoms with Crippen LogP contribution in [-0.2, 0) is 21.6 Å². The van der Waals surface area contributed by atoms with Crippen molar-refractivity contribution in [1.82, 2.24) is 10.3 Å². The molecule has 1 amide bonds. The molecule has 2 aromatic rings. The summed E-state index contributed by atoms with van der Waals surface area (Å²) < 4.78 is 5.41. The lowest BCUT2D eigenvalue weighted by Gasteiger charge is -2.33. The topological polar surface area (TPSA) is 74.4 Å². The first-order chi connectivity index (χ1) is 11.7. The van der Waals surface area contributed by atoms with E-state index in [4.69, 9.17) is 4.74 Å². The van der Waals surface area contributed by atoms with Crippen molar-refractivity contribution in [2.75, 3.05) is 19.8 Å². The van der Waals surface area contributed by atoms with Crippen LogP contribution < -0.4 is 5.32 Å². The van der Waals surface area contributed by atoms with Crippen LogP contribution in [0.2, 0.25) is 0 Å². The standard InChI is InChI=1S/C19H24N2O3/c22-18(13-4-5-13)20-9-6-14-12-21-16-3-1-2-15(17(14)16)19(23)7-10-24-11-8-19/h1-3,12-13,21,23H,4-11H2,(H,20,22). The highest BCUT2D eigenvalue weighted by atomic mass is 16.5. The van der Waals surface area contributed by atoms with Crippen molar-refractivity contribution >= 4 is 16.8 Å². The van der Waals surface area contributed by atoms with Crippen molar-refractivity contribution in [3.63, 3.8) is 0 Å². The summed E-state index contributed by atoms with van der Waals surface area (Å²) in [4.78, 5) is 15.1. The van der Waals surface area contributed by atoms with E-state index in [1.807, 2.05) is 24.4 Å². The normalized spacial score (nSPS) is 20.2. The Morgan fingerprint density at radius 2 is 2.12 bits per heavy atom. The van der Waals surface area contributed by atoms with Crippen LogP contribution in [0.25, 0.3) is 10.9 Å². The van der Waals surface area contributed by atoms with Gasteiger partial charge in [0.05, 0.1) is 5.60 Å². The minimum atomic E-state index is -0.827. The van der Waals surface area contributed by atoms with Gasteiger partial charge in [0.15, 0.2) is 0 Å². The van der Waals surface area contributed by atoms with E-state index in [1.165, 1.54) is 0 Å². The molecule has 0 radical (unpaired) electrons. The first-order valence-electron chi connectivity index (χ1n) is 8.85. The SMILES string of the molecule is O=C(NCCc1c[nH]c2cccc(C3(O)CCOCC3)c12)C1CC1. The number of amides is 1. The number of aromatic amines is 1. The molecule has 128 valence electrons. The number of ether oxygens (including phenoxy) is 1. The third-order valence-corrected chi connectivity index (χ3v) is 5.25. The van der Waals surface area contributed by atoms with Gasteiger partial charge < -0.3 is 20.1 Å². The summed E-state index contributed by atoms with van der Waals surface area (Å²) in [5.41, 5.74) is 2.34. The van der Waals surface area contributed by atoms with Gasteiger partial charge in [0.25, 0.3) is 0 Å². The Kier molecular flexibility index (Phi) is 4.06. The average Bonchev–Trinajstić information content (AvgIpc) is 3.37. The van der Waals surface area contributed by atoms with Gasteiger partial charge in [-0.15, -0.1) is 0 Å². The molecule has 1 aromatic heterocycles. The smallest absolute Gasteiger partial charge is 0.223 e. The molecule has 1 aliphatic heterocycles. The third kappa shape index (κ3) is 2.94. The predicted molar refractivity (Wildman–Crippen MR) is 91.7 cm³/mol. The Labute approximate surface area is 141 Å². The molecule has 0 spiro atoms. The molecule has 1 aliphatic carbocycles. The van der Waals surface area contributed by atoms with Crippen LogP contribution >= 0.6 is 0 Å². The molecule has 3 N–H and O–H groups in total. The van der Waals surface area contributed by atoms with Gasteiger partial charge in [-0.3, -0.25) is 4.79 Å². The summed E-state index contributed by atoms with van der Waals surface area (Å²) in [6, 6.07) is 6.04. The Morgan fingerprint density at radius 1 is 1.33 bits per heavy atom. The van der Waals surface area contributed by atoms with Crippen LogP contribution in [0.3, 0.4) is 0 Å². The molecule has 5 heteroatoms. The molecule has 2 aliphatic rings. The highest BCUT2D eigenvalue weighted by molar-refractivity contribution is 5.87. The van der Waals surface area contributed by atoms with E-state index in [-0.39, 0.29) is 11.8 Å². The van der Waals surface area contributed by atoms with E-state index >= 15 is 0 Å². The van der Waals surface area contributed by atoms with E-state index in [1.54, 1.807) is 0 Å². The fourth-order valence-electron chi connectivity index (χ4n) is 3.63. The molecule has 0 atom stereocenters. The Hall–Kier alpha value is -1.85. The number of carbonyl (C=O) groups is 1. The number of benzene rings is 1. The molecule has 0 bridgehead atoms. The van der Waals surface area contributed by atoms with Gasteiger partial charge in [0, 0.05) is 55.6 Å². The van der Waals surface area contributed by atoms with E-state index in [9.17, 15) is 9.90 Å². The summed E-state index contributed by atoms with van der Waals surface area (Å²) >= 11 is 0. The second-order valence-electron chi connectivity index (χ2n) is 7.00. The van der Waals surface area contributed by atoms with E-state index < -0.39 is 5.60 Å². The quantitative estimate of drug-likeness (QED) is 0.788. The summed E-state index contributed by atoms with van der Waals surface area (Å²) in [5, 5.41) is 15.2. The van der Waals surface area contributed by atoms with Crippen LogP contribution in [-0.4, -0.2) is 35.8 Å². The summed E-state index contributed by atoms with van der Waals surface area (Å²) in [6.07, 6.45) is 6.06. The fraction of sp³-hybridized carbons (Fsp3) is 0.526. The lowest BCUT2D eigenvalue weighted by atomic mass is 9.83.